The third kappa shape index (κ3) is 4.94. The molecule has 0 spiro atoms. The van der Waals surface area contributed by atoms with Gasteiger partial charge >= 0.3 is 0 Å². The molecular formula is C22H28N2O6S. The van der Waals surface area contributed by atoms with Gasteiger partial charge in [0.1, 0.15) is 17.2 Å². The predicted molar refractivity (Wildman–Crippen MR) is 117 cm³/mol. The quantitative estimate of drug-likeness (QED) is 0.700. The van der Waals surface area contributed by atoms with E-state index in [9.17, 15) is 13.2 Å². The molecule has 0 radical (unpaired) electrons. The second-order valence-corrected chi connectivity index (χ2v) is 9.33. The summed E-state index contributed by atoms with van der Waals surface area (Å²) in [4.78, 5) is 13.1. The van der Waals surface area contributed by atoms with Gasteiger partial charge in [-0.05, 0) is 55.7 Å². The maximum atomic E-state index is 13.2. The van der Waals surface area contributed by atoms with Gasteiger partial charge in [-0.15, -0.1) is 0 Å². The zero-order valence-electron chi connectivity index (χ0n) is 18.2. The van der Waals surface area contributed by atoms with Crippen LogP contribution in [-0.4, -0.2) is 53.0 Å². The monoisotopic (exact) mass is 448 g/mol. The van der Waals surface area contributed by atoms with Crippen molar-refractivity contribution in [2.24, 2.45) is 5.92 Å². The lowest BCUT2D eigenvalue weighted by Crippen LogP contribution is -2.43. The molecule has 1 saturated heterocycles. The second-order valence-electron chi connectivity index (χ2n) is 7.39. The molecule has 1 N–H and O–H groups in total. The molecule has 1 atom stereocenters. The summed E-state index contributed by atoms with van der Waals surface area (Å²) in [7, 11) is 0.881. The number of anilines is 1. The lowest BCUT2D eigenvalue weighted by Gasteiger charge is -2.31. The van der Waals surface area contributed by atoms with Gasteiger partial charge in [-0.3, -0.25) is 4.79 Å². The van der Waals surface area contributed by atoms with Crippen LogP contribution in [0.15, 0.2) is 41.3 Å². The third-order valence-corrected chi connectivity index (χ3v) is 7.28. The molecule has 1 heterocycles. The average molecular weight is 449 g/mol. The van der Waals surface area contributed by atoms with Gasteiger partial charge < -0.3 is 19.5 Å². The van der Waals surface area contributed by atoms with Crippen molar-refractivity contribution in [3.8, 4) is 17.2 Å². The summed E-state index contributed by atoms with van der Waals surface area (Å²) in [5.41, 5.74) is 1.22. The van der Waals surface area contributed by atoms with Crippen LogP contribution in [0.3, 0.4) is 0 Å². The molecule has 0 aromatic heterocycles. The van der Waals surface area contributed by atoms with Crippen molar-refractivity contribution in [3.63, 3.8) is 0 Å². The lowest BCUT2D eigenvalue weighted by atomic mass is 9.98. The number of sulfonamides is 1. The minimum Gasteiger partial charge on any atom is -0.497 e. The van der Waals surface area contributed by atoms with Gasteiger partial charge in [0.2, 0.25) is 15.9 Å². The number of hydrogen-bond donors (Lipinski definition) is 1. The summed E-state index contributed by atoms with van der Waals surface area (Å²) in [5, 5.41) is 2.86. The molecule has 0 unspecified atom stereocenters. The molecule has 3 rings (SSSR count). The second kappa shape index (κ2) is 9.57. The fraction of sp³-hybridized carbons (Fsp3) is 0.409. The number of nitrogens with zero attached hydrogens (tertiary/aromatic N) is 1. The summed E-state index contributed by atoms with van der Waals surface area (Å²) in [6, 6.07) is 9.89. The molecule has 1 aliphatic heterocycles. The minimum atomic E-state index is -3.72. The lowest BCUT2D eigenvalue weighted by molar-refractivity contribution is -0.120. The minimum absolute atomic E-state index is 0.117. The van der Waals surface area contributed by atoms with Crippen molar-refractivity contribution < 1.29 is 27.4 Å². The maximum Gasteiger partial charge on any atom is 0.243 e. The third-order valence-electron chi connectivity index (χ3n) is 5.42. The van der Waals surface area contributed by atoms with E-state index in [1.165, 1.54) is 24.6 Å². The number of rotatable bonds is 7. The highest BCUT2D eigenvalue weighted by Gasteiger charge is 2.33. The molecule has 168 valence electrons. The van der Waals surface area contributed by atoms with Gasteiger partial charge in [0.25, 0.3) is 0 Å². The Balaban J connectivity index is 1.77. The Kier molecular flexibility index (Phi) is 7.07. The van der Waals surface area contributed by atoms with E-state index in [1.807, 2.05) is 0 Å². The molecule has 1 amide bonds. The molecule has 31 heavy (non-hydrogen) atoms. The fourth-order valence-corrected chi connectivity index (χ4v) is 5.29. The molecule has 2 aromatic carbocycles. The molecule has 0 aliphatic carbocycles. The van der Waals surface area contributed by atoms with E-state index in [2.05, 4.69) is 5.32 Å². The highest BCUT2D eigenvalue weighted by atomic mass is 32.2. The van der Waals surface area contributed by atoms with Crippen LogP contribution in [0.1, 0.15) is 18.4 Å². The number of carbonyl (C=O) groups is 1. The van der Waals surface area contributed by atoms with Crippen LogP contribution in [0.5, 0.6) is 17.2 Å². The number of benzene rings is 2. The van der Waals surface area contributed by atoms with E-state index in [-0.39, 0.29) is 17.3 Å². The van der Waals surface area contributed by atoms with Gasteiger partial charge in [-0.1, -0.05) is 0 Å². The maximum absolute atomic E-state index is 13.2. The molecule has 0 bridgehead atoms. The van der Waals surface area contributed by atoms with E-state index in [0.29, 0.717) is 42.3 Å². The summed E-state index contributed by atoms with van der Waals surface area (Å²) in [6.07, 6.45) is 1.20. The van der Waals surface area contributed by atoms with Crippen molar-refractivity contribution in [1.29, 1.82) is 0 Å². The summed E-state index contributed by atoms with van der Waals surface area (Å²) < 4.78 is 43.5. The Bertz CT molecular complexity index is 1050. The Hall–Kier alpha value is -2.78. The number of methoxy groups -OCH3 is 3. The van der Waals surface area contributed by atoms with Gasteiger partial charge in [0, 0.05) is 19.2 Å². The van der Waals surface area contributed by atoms with E-state index in [4.69, 9.17) is 14.2 Å². The Morgan fingerprint density at radius 3 is 2.39 bits per heavy atom. The van der Waals surface area contributed by atoms with Crippen molar-refractivity contribution in [2.75, 3.05) is 39.7 Å². The van der Waals surface area contributed by atoms with Crippen molar-refractivity contribution in [3.05, 3.63) is 42.0 Å². The van der Waals surface area contributed by atoms with E-state index in [0.717, 1.165) is 5.56 Å². The Morgan fingerprint density at radius 1 is 1.03 bits per heavy atom. The smallest absolute Gasteiger partial charge is 0.243 e. The zero-order chi connectivity index (χ0) is 22.6. The van der Waals surface area contributed by atoms with Crippen molar-refractivity contribution in [2.45, 2.75) is 24.7 Å². The van der Waals surface area contributed by atoms with Crippen LogP contribution >= 0.6 is 0 Å². The number of nitrogens with one attached hydrogen (secondary N) is 1. The van der Waals surface area contributed by atoms with Crippen molar-refractivity contribution >= 4 is 21.6 Å². The van der Waals surface area contributed by atoms with Gasteiger partial charge in [0.15, 0.2) is 0 Å². The molecule has 2 aromatic rings. The number of amides is 1. The number of carbonyl (C=O) groups excluding carboxylic acids is 1. The first-order valence-corrected chi connectivity index (χ1v) is 11.4. The van der Waals surface area contributed by atoms with Crippen LogP contribution in [-0.2, 0) is 14.8 Å². The van der Waals surface area contributed by atoms with Gasteiger partial charge in [0.05, 0.1) is 37.8 Å². The number of aryl methyl sites for hydroxylation is 1. The molecule has 1 fully saturated rings. The molecule has 0 saturated carbocycles. The van der Waals surface area contributed by atoms with Gasteiger partial charge in [-0.25, -0.2) is 8.42 Å². The number of piperidine rings is 1. The highest BCUT2D eigenvalue weighted by Crippen LogP contribution is 2.31. The topological polar surface area (TPSA) is 94.2 Å². The van der Waals surface area contributed by atoms with Crippen molar-refractivity contribution in [1.82, 2.24) is 4.31 Å². The number of ether oxygens (including phenoxy) is 3. The first-order valence-electron chi connectivity index (χ1n) is 9.97. The largest absolute Gasteiger partial charge is 0.497 e. The summed E-state index contributed by atoms with van der Waals surface area (Å²) >= 11 is 0. The molecule has 1 aliphatic rings. The zero-order valence-corrected chi connectivity index (χ0v) is 19.0. The van der Waals surface area contributed by atoms with Crippen LogP contribution in [0, 0.1) is 12.8 Å². The average Bonchev–Trinajstić information content (AvgIpc) is 2.78. The first-order chi connectivity index (χ1) is 14.8. The van der Waals surface area contributed by atoms with Crippen LogP contribution in [0.25, 0.3) is 0 Å². The Labute approximate surface area is 183 Å². The van der Waals surface area contributed by atoms with Crippen LogP contribution < -0.4 is 19.5 Å². The van der Waals surface area contributed by atoms with Crippen LogP contribution in [0.4, 0.5) is 5.69 Å². The molecule has 9 heteroatoms. The van der Waals surface area contributed by atoms with E-state index >= 15 is 0 Å². The van der Waals surface area contributed by atoms with Gasteiger partial charge in [-0.2, -0.15) is 4.31 Å². The molecule has 8 nitrogen and oxygen atoms in total. The van der Waals surface area contributed by atoms with E-state index in [1.54, 1.807) is 44.4 Å². The Morgan fingerprint density at radius 2 is 1.74 bits per heavy atom. The molecular weight excluding hydrogens is 420 g/mol. The first kappa shape index (κ1) is 22.9. The number of hydrogen-bond acceptors (Lipinski definition) is 6. The van der Waals surface area contributed by atoms with E-state index < -0.39 is 15.9 Å². The van der Waals surface area contributed by atoms with Crippen LogP contribution in [0.2, 0.25) is 0 Å². The summed E-state index contributed by atoms with van der Waals surface area (Å²) in [5.74, 6) is 0.986. The standard InChI is InChI=1S/C22H28N2O6S/c1-15-12-18(8-10-20(15)29-3)31(26,27)24-11-5-6-16(14-24)22(25)23-19-13-17(28-2)7-9-21(19)30-4/h7-10,12-13,16H,5-6,11,14H2,1-4H3,(H,23,25)/t16-/m1/s1. The summed E-state index contributed by atoms with van der Waals surface area (Å²) in [6.45, 7) is 2.29. The predicted octanol–water partition coefficient (Wildman–Crippen LogP) is 3.06. The normalized spacial score (nSPS) is 17.1. The SMILES string of the molecule is COc1ccc(OC)c(NC(=O)[C@@H]2CCCN(S(=O)(=O)c3ccc(OC)c(C)c3)C2)c1. The fourth-order valence-electron chi connectivity index (χ4n) is 3.68. The highest BCUT2D eigenvalue weighted by molar-refractivity contribution is 7.89.